The van der Waals surface area contributed by atoms with E-state index >= 15 is 0 Å². The average Bonchev–Trinajstić information content (AvgIpc) is 2.37. The van der Waals surface area contributed by atoms with Crippen molar-refractivity contribution in [3.63, 3.8) is 0 Å². The fourth-order valence-electron chi connectivity index (χ4n) is 4.00. The number of carbonyl (C=O) groups excluding carboxylic acids is 1. The number of carbonyl (C=O) groups is 1. The van der Waals surface area contributed by atoms with Gasteiger partial charge in [-0.05, 0) is 63.5 Å². The first kappa shape index (κ1) is 17.7. The van der Waals surface area contributed by atoms with Crippen molar-refractivity contribution in [2.75, 3.05) is 0 Å². The molecule has 1 atom stereocenters. The summed E-state index contributed by atoms with van der Waals surface area (Å²) >= 11 is 0. The van der Waals surface area contributed by atoms with E-state index < -0.39 is 7.92 Å². The molecule has 1 nitrogen and oxygen atoms in total. The van der Waals surface area contributed by atoms with Gasteiger partial charge in [0.15, 0.2) is 5.52 Å². The van der Waals surface area contributed by atoms with Gasteiger partial charge in [-0.3, -0.25) is 4.79 Å². The summed E-state index contributed by atoms with van der Waals surface area (Å²) in [5.74, 6) is 0. The van der Waals surface area contributed by atoms with Crippen LogP contribution in [-0.4, -0.2) is 16.3 Å². The largest absolute Gasteiger partial charge is 0.289 e. The Hall–Kier alpha value is -0.680. The number of rotatable bonds is 3. The standard InChI is InChI=1S/C20H31OP/c1-14-12-15(2)18(16(3)13-14)19(21)22(20(4,5)6)17-10-8-7-9-11-17/h12-13,17H,7-11H2,1-6H3. The highest BCUT2D eigenvalue weighted by Gasteiger charge is 2.39. The van der Waals surface area contributed by atoms with Crippen molar-refractivity contribution in [2.45, 2.75) is 84.5 Å². The summed E-state index contributed by atoms with van der Waals surface area (Å²) in [5, 5.41) is 0.0954. The highest BCUT2D eigenvalue weighted by atomic mass is 31.1. The van der Waals surface area contributed by atoms with E-state index in [0.717, 1.165) is 16.7 Å². The van der Waals surface area contributed by atoms with Gasteiger partial charge in [0.25, 0.3) is 0 Å². The van der Waals surface area contributed by atoms with Crippen LogP contribution in [0.25, 0.3) is 0 Å². The van der Waals surface area contributed by atoms with Crippen molar-refractivity contribution < 1.29 is 4.79 Å². The number of hydrogen-bond donors (Lipinski definition) is 0. The molecule has 2 heteroatoms. The molecule has 0 N–H and O–H groups in total. The fourth-order valence-corrected chi connectivity index (χ4v) is 7.51. The van der Waals surface area contributed by atoms with Gasteiger partial charge in [-0.2, -0.15) is 0 Å². The van der Waals surface area contributed by atoms with Crippen LogP contribution in [0.5, 0.6) is 0 Å². The average molecular weight is 318 g/mol. The molecule has 0 radical (unpaired) electrons. The van der Waals surface area contributed by atoms with Crippen molar-refractivity contribution in [1.29, 1.82) is 0 Å². The number of aryl methyl sites for hydroxylation is 3. The molecule has 0 aliphatic heterocycles. The first-order valence-corrected chi connectivity index (χ1v) is 10.0. The van der Waals surface area contributed by atoms with Gasteiger partial charge < -0.3 is 0 Å². The van der Waals surface area contributed by atoms with Crippen LogP contribution in [0, 0.1) is 20.8 Å². The van der Waals surface area contributed by atoms with E-state index in [1.807, 2.05) is 0 Å². The zero-order valence-electron chi connectivity index (χ0n) is 15.1. The molecule has 1 unspecified atom stereocenters. The summed E-state index contributed by atoms with van der Waals surface area (Å²) in [7, 11) is -0.638. The van der Waals surface area contributed by atoms with Gasteiger partial charge in [0, 0.05) is 5.56 Å². The van der Waals surface area contributed by atoms with Crippen molar-refractivity contribution >= 4 is 13.4 Å². The second-order valence-corrected chi connectivity index (χ2v) is 11.1. The fraction of sp³-hybridized carbons (Fsp3) is 0.650. The maximum absolute atomic E-state index is 13.5. The van der Waals surface area contributed by atoms with Crippen LogP contribution in [-0.2, 0) is 0 Å². The minimum absolute atomic E-state index is 0.0954. The van der Waals surface area contributed by atoms with Crippen LogP contribution in [0.15, 0.2) is 12.1 Å². The second-order valence-electron chi connectivity index (χ2n) is 7.91. The van der Waals surface area contributed by atoms with Gasteiger partial charge in [0.1, 0.15) is 0 Å². The molecule has 0 saturated heterocycles. The number of benzene rings is 1. The molecule has 1 aromatic rings. The molecule has 2 rings (SSSR count). The Labute approximate surface area is 137 Å². The predicted molar refractivity (Wildman–Crippen MR) is 98.5 cm³/mol. The third-order valence-corrected chi connectivity index (χ3v) is 8.13. The summed E-state index contributed by atoms with van der Waals surface area (Å²) in [6.07, 6.45) is 6.45. The van der Waals surface area contributed by atoms with Crippen LogP contribution in [0.4, 0.5) is 0 Å². The van der Waals surface area contributed by atoms with Crippen molar-refractivity contribution in [1.82, 2.24) is 0 Å². The first-order valence-electron chi connectivity index (χ1n) is 8.63. The monoisotopic (exact) mass is 318 g/mol. The summed E-state index contributed by atoms with van der Waals surface area (Å²) in [4.78, 5) is 13.5. The number of hydrogen-bond acceptors (Lipinski definition) is 1. The summed E-state index contributed by atoms with van der Waals surface area (Å²) in [5.41, 5.74) is 5.66. The lowest BCUT2D eigenvalue weighted by molar-refractivity contribution is 0.107. The van der Waals surface area contributed by atoms with Crippen LogP contribution < -0.4 is 0 Å². The molecule has 122 valence electrons. The maximum Gasteiger partial charge on any atom is 0.185 e. The van der Waals surface area contributed by atoms with E-state index in [1.165, 1.54) is 37.7 Å². The van der Waals surface area contributed by atoms with Gasteiger partial charge in [-0.15, -0.1) is 0 Å². The molecule has 0 amide bonds. The topological polar surface area (TPSA) is 17.1 Å². The van der Waals surface area contributed by atoms with Crippen molar-refractivity contribution in [2.24, 2.45) is 0 Å². The van der Waals surface area contributed by atoms with Crippen LogP contribution in [0.1, 0.15) is 79.9 Å². The molecule has 1 aliphatic rings. The lowest BCUT2D eigenvalue weighted by Gasteiger charge is -2.39. The second kappa shape index (κ2) is 6.83. The molecule has 22 heavy (non-hydrogen) atoms. The minimum atomic E-state index is -0.638. The molecule has 0 spiro atoms. The van der Waals surface area contributed by atoms with Gasteiger partial charge in [-0.1, -0.05) is 57.7 Å². The molecule has 0 heterocycles. The Morgan fingerprint density at radius 2 is 1.50 bits per heavy atom. The molecule has 0 aromatic heterocycles. The molecule has 0 bridgehead atoms. The molecule has 1 saturated carbocycles. The molecule has 1 aliphatic carbocycles. The van der Waals surface area contributed by atoms with E-state index in [2.05, 4.69) is 53.7 Å². The van der Waals surface area contributed by atoms with E-state index in [0.29, 0.717) is 11.2 Å². The Bertz CT molecular complexity index is 524. The Morgan fingerprint density at radius 3 is 1.95 bits per heavy atom. The van der Waals surface area contributed by atoms with Crippen LogP contribution in [0.2, 0.25) is 0 Å². The highest BCUT2D eigenvalue weighted by Crippen LogP contribution is 2.59. The molecular weight excluding hydrogens is 287 g/mol. The van der Waals surface area contributed by atoms with Crippen molar-refractivity contribution in [3.05, 3.63) is 34.4 Å². The summed E-state index contributed by atoms with van der Waals surface area (Å²) in [6.45, 7) is 13.1. The quantitative estimate of drug-likeness (QED) is 0.592. The first-order chi connectivity index (χ1) is 10.2. The summed E-state index contributed by atoms with van der Waals surface area (Å²) < 4.78 is 0. The van der Waals surface area contributed by atoms with Crippen LogP contribution >= 0.6 is 7.92 Å². The third kappa shape index (κ3) is 3.80. The van der Waals surface area contributed by atoms with Gasteiger partial charge in [0.2, 0.25) is 0 Å². The Balaban J connectivity index is 2.42. The smallest absolute Gasteiger partial charge is 0.185 e. The lowest BCUT2D eigenvalue weighted by Crippen LogP contribution is -2.27. The van der Waals surface area contributed by atoms with Crippen molar-refractivity contribution in [3.8, 4) is 0 Å². The van der Waals surface area contributed by atoms with E-state index in [4.69, 9.17) is 0 Å². The predicted octanol–water partition coefficient (Wildman–Crippen LogP) is 6.37. The summed E-state index contributed by atoms with van der Waals surface area (Å²) in [6, 6.07) is 4.33. The normalized spacial score (nSPS) is 18.3. The van der Waals surface area contributed by atoms with Gasteiger partial charge in [0.05, 0.1) is 0 Å². The highest BCUT2D eigenvalue weighted by molar-refractivity contribution is 7.77. The minimum Gasteiger partial charge on any atom is -0.289 e. The lowest BCUT2D eigenvalue weighted by atomic mass is 10.00. The van der Waals surface area contributed by atoms with Gasteiger partial charge >= 0.3 is 0 Å². The van der Waals surface area contributed by atoms with E-state index in [1.54, 1.807) is 0 Å². The molecule has 1 aromatic carbocycles. The van der Waals surface area contributed by atoms with E-state index in [9.17, 15) is 4.79 Å². The third-order valence-electron chi connectivity index (χ3n) is 4.77. The molecular formula is C20H31OP. The van der Waals surface area contributed by atoms with Gasteiger partial charge in [-0.25, -0.2) is 0 Å². The van der Waals surface area contributed by atoms with E-state index in [-0.39, 0.29) is 5.16 Å². The maximum atomic E-state index is 13.5. The molecule has 1 fully saturated rings. The SMILES string of the molecule is Cc1cc(C)c(C(=O)P(C2CCCCC2)C(C)(C)C)c(C)c1. The Morgan fingerprint density at radius 1 is 1.00 bits per heavy atom. The van der Waals surface area contributed by atoms with Crippen LogP contribution in [0.3, 0.4) is 0 Å². The Kier molecular flexibility index (Phi) is 5.49. The zero-order valence-corrected chi connectivity index (χ0v) is 16.0. The zero-order chi connectivity index (χ0) is 16.5.